The Morgan fingerprint density at radius 2 is 2.00 bits per heavy atom. The van der Waals surface area contributed by atoms with Gasteiger partial charge in [0.1, 0.15) is 0 Å². The Bertz CT molecular complexity index is 385. The third kappa shape index (κ3) is 5.27. The van der Waals surface area contributed by atoms with Gasteiger partial charge in [0.25, 0.3) is 0 Å². The Balaban J connectivity index is 2.69. The topological polar surface area (TPSA) is 29.9 Å². The van der Waals surface area contributed by atoms with Gasteiger partial charge in [0.2, 0.25) is 0 Å². The van der Waals surface area contributed by atoms with Crippen molar-refractivity contribution in [2.75, 3.05) is 6.54 Å². The first-order valence-corrected chi connectivity index (χ1v) is 8.16. The van der Waals surface area contributed by atoms with E-state index in [4.69, 9.17) is 0 Å². The summed E-state index contributed by atoms with van der Waals surface area (Å²) in [6, 6.07) is 0.549. The summed E-state index contributed by atoms with van der Waals surface area (Å²) in [5, 5.41) is 8.16. The van der Waals surface area contributed by atoms with E-state index in [-0.39, 0.29) is 0 Å². The van der Waals surface area contributed by atoms with Crippen LogP contribution in [0.1, 0.15) is 51.4 Å². The monoisotopic (exact) mass is 329 g/mol. The molecule has 1 aromatic rings. The van der Waals surface area contributed by atoms with E-state index in [0.29, 0.717) is 6.04 Å². The van der Waals surface area contributed by atoms with Crippen molar-refractivity contribution >= 4 is 15.9 Å². The summed E-state index contributed by atoms with van der Waals surface area (Å²) in [5.41, 5.74) is 2.38. The molecule has 1 aromatic heterocycles. The summed E-state index contributed by atoms with van der Waals surface area (Å²) in [7, 11) is 2.03. The van der Waals surface area contributed by atoms with Crippen LogP contribution in [0, 0.1) is 12.8 Å². The van der Waals surface area contributed by atoms with Gasteiger partial charge in [0.15, 0.2) is 0 Å². The number of aromatic nitrogens is 2. The maximum atomic E-state index is 4.48. The molecule has 1 heterocycles. The number of aryl methyl sites for hydroxylation is 2. The van der Waals surface area contributed by atoms with E-state index in [2.05, 4.69) is 54.0 Å². The standard InChI is InChI=1S/C15H28BrN3/c1-6-9-17-13(8-7-11(2)3)10-14-15(16)12(4)18-19(14)5/h11,13,17H,6-10H2,1-5H3. The number of nitrogens with zero attached hydrogens (tertiary/aromatic N) is 2. The lowest BCUT2D eigenvalue weighted by Crippen LogP contribution is -2.32. The Morgan fingerprint density at radius 1 is 1.32 bits per heavy atom. The third-order valence-corrected chi connectivity index (χ3v) is 4.51. The van der Waals surface area contributed by atoms with Crippen LogP contribution in [-0.4, -0.2) is 22.4 Å². The van der Waals surface area contributed by atoms with Gasteiger partial charge in [-0.25, -0.2) is 0 Å². The van der Waals surface area contributed by atoms with Crippen LogP contribution in [0.3, 0.4) is 0 Å². The maximum Gasteiger partial charge on any atom is 0.0738 e. The summed E-state index contributed by atoms with van der Waals surface area (Å²) < 4.78 is 3.18. The zero-order valence-electron chi connectivity index (χ0n) is 13.0. The van der Waals surface area contributed by atoms with Crippen molar-refractivity contribution in [3.63, 3.8) is 0 Å². The van der Waals surface area contributed by atoms with Crippen LogP contribution in [-0.2, 0) is 13.5 Å². The van der Waals surface area contributed by atoms with E-state index < -0.39 is 0 Å². The highest BCUT2D eigenvalue weighted by atomic mass is 79.9. The first-order chi connectivity index (χ1) is 8.95. The molecule has 1 N–H and O–H groups in total. The molecule has 19 heavy (non-hydrogen) atoms. The van der Waals surface area contributed by atoms with Crippen molar-refractivity contribution < 1.29 is 0 Å². The van der Waals surface area contributed by atoms with Crippen LogP contribution in [0.25, 0.3) is 0 Å². The molecule has 4 heteroatoms. The van der Waals surface area contributed by atoms with E-state index in [1.807, 2.05) is 11.7 Å². The molecule has 0 aliphatic carbocycles. The molecule has 1 unspecified atom stereocenters. The summed E-state index contributed by atoms with van der Waals surface area (Å²) in [5.74, 6) is 0.766. The average Bonchev–Trinajstić information content (AvgIpc) is 2.58. The molecule has 0 bridgehead atoms. The van der Waals surface area contributed by atoms with Gasteiger partial charge in [-0.1, -0.05) is 20.8 Å². The largest absolute Gasteiger partial charge is 0.314 e. The van der Waals surface area contributed by atoms with E-state index in [0.717, 1.165) is 24.6 Å². The van der Waals surface area contributed by atoms with Gasteiger partial charge in [-0.05, 0) is 54.6 Å². The highest BCUT2D eigenvalue weighted by Gasteiger charge is 2.16. The van der Waals surface area contributed by atoms with Crippen LogP contribution in [0.5, 0.6) is 0 Å². The van der Waals surface area contributed by atoms with Crippen LogP contribution >= 0.6 is 15.9 Å². The molecule has 1 atom stereocenters. The smallest absolute Gasteiger partial charge is 0.0738 e. The van der Waals surface area contributed by atoms with E-state index in [1.54, 1.807) is 0 Å². The second kappa shape index (κ2) is 8.05. The molecule has 0 saturated heterocycles. The Morgan fingerprint density at radius 3 is 2.47 bits per heavy atom. The van der Waals surface area contributed by atoms with Crippen molar-refractivity contribution in [3.8, 4) is 0 Å². The van der Waals surface area contributed by atoms with Crippen molar-refractivity contribution in [3.05, 3.63) is 15.9 Å². The average molecular weight is 330 g/mol. The maximum absolute atomic E-state index is 4.48. The predicted octanol–water partition coefficient (Wildman–Crippen LogP) is 3.84. The minimum Gasteiger partial charge on any atom is -0.314 e. The fourth-order valence-corrected chi connectivity index (χ4v) is 2.79. The van der Waals surface area contributed by atoms with Crippen molar-refractivity contribution in [1.82, 2.24) is 15.1 Å². The lowest BCUT2D eigenvalue weighted by Gasteiger charge is -2.20. The van der Waals surface area contributed by atoms with E-state index in [9.17, 15) is 0 Å². The quantitative estimate of drug-likeness (QED) is 0.785. The molecular weight excluding hydrogens is 302 g/mol. The number of hydrogen-bond donors (Lipinski definition) is 1. The SMILES string of the molecule is CCCNC(CCC(C)C)Cc1c(Br)c(C)nn1C. The van der Waals surface area contributed by atoms with Gasteiger partial charge in [0.05, 0.1) is 15.9 Å². The fourth-order valence-electron chi connectivity index (χ4n) is 2.29. The number of rotatable bonds is 8. The molecule has 0 fully saturated rings. The van der Waals surface area contributed by atoms with Gasteiger partial charge in [-0.15, -0.1) is 0 Å². The lowest BCUT2D eigenvalue weighted by molar-refractivity contribution is 0.420. The van der Waals surface area contributed by atoms with Gasteiger partial charge < -0.3 is 5.32 Å². The van der Waals surface area contributed by atoms with Gasteiger partial charge in [-0.3, -0.25) is 4.68 Å². The third-order valence-electron chi connectivity index (χ3n) is 3.48. The first kappa shape index (κ1) is 16.7. The molecule has 0 amide bonds. The normalized spacial score (nSPS) is 13.2. The van der Waals surface area contributed by atoms with Crippen molar-refractivity contribution in [2.24, 2.45) is 13.0 Å². The Kier molecular flexibility index (Phi) is 7.08. The van der Waals surface area contributed by atoms with Gasteiger partial charge in [-0.2, -0.15) is 5.10 Å². The second-order valence-corrected chi connectivity index (χ2v) is 6.59. The van der Waals surface area contributed by atoms with Crippen LogP contribution in [0.15, 0.2) is 4.47 Å². The van der Waals surface area contributed by atoms with Crippen LogP contribution in [0.2, 0.25) is 0 Å². The molecule has 0 radical (unpaired) electrons. The lowest BCUT2D eigenvalue weighted by atomic mass is 9.99. The van der Waals surface area contributed by atoms with E-state index in [1.165, 1.54) is 29.4 Å². The molecule has 0 saturated carbocycles. The van der Waals surface area contributed by atoms with E-state index >= 15 is 0 Å². The highest BCUT2D eigenvalue weighted by molar-refractivity contribution is 9.10. The fraction of sp³-hybridized carbons (Fsp3) is 0.800. The molecule has 110 valence electrons. The molecule has 0 aliphatic rings. The summed E-state index contributed by atoms with van der Waals surface area (Å²) in [6.07, 6.45) is 4.73. The Hall–Kier alpha value is -0.350. The second-order valence-electron chi connectivity index (χ2n) is 5.80. The summed E-state index contributed by atoms with van der Waals surface area (Å²) in [4.78, 5) is 0. The molecule has 1 rings (SSSR count). The first-order valence-electron chi connectivity index (χ1n) is 7.37. The highest BCUT2D eigenvalue weighted by Crippen LogP contribution is 2.22. The number of halogens is 1. The van der Waals surface area contributed by atoms with Crippen LogP contribution < -0.4 is 5.32 Å². The molecule has 3 nitrogen and oxygen atoms in total. The minimum absolute atomic E-state index is 0.549. The van der Waals surface area contributed by atoms with Crippen molar-refractivity contribution in [1.29, 1.82) is 0 Å². The van der Waals surface area contributed by atoms with Crippen molar-refractivity contribution in [2.45, 2.75) is 59.4 Å². The van der Waals surface area contributed by atoms with Gasteiger partial charge in [0, 0.05) is 19.5 Å². The van der Waals surface area contributed by atoms with Gasteiger partial charge >= 0.3 is 0 Å². The summed E-state index contributed by atoms with van der Waals surface area (Å²) >= 11 is 3.67. The zero-order valence-corrected chi connectivity index (χ0v) is 14.5. The summed E-state index contributed by atoms with van der Waals surface area (Å²) in [6.45, 7) is 9.95. The van der Waals surface area contributed by atoms with Crippen LogP contribution in [0.4, 0.5) is 0 Å². The zero-order chi connectivity index (χ0) is 14.4. The molecular formula is C15H28BrN3. The molecule has 0 aromatic carbocycles. The molecule has 0 aliphatic heterocycles. The number of hydrogen-bond acceptors (Lipinski definition) is 2. The molecule has 0 spiro atoms. The number of nitrogens with one attached hydrogen (secondary N) is 1. The minimum atomic E-state index is 0.549. The Labute approximate surface area is 126 Å². The predicted molar refractivity (Wildman–Crippen MR) is 85.5 cm³/mol.